The Balaban J connectivity index is 2.02. The van der Waals surface area contributed by atoms with E-state index in [0.29, 0.717) is 10.0 Å². The van der Waals surface area contributed by atoms with Crippen LogP contribution < -0.4 is 5.32 Å². The first-order chi connectivity index (χ1) is 8.72. The number of aromatic nitrogens is 2. The SMILES string of the molecule is Clc1cccc(Nc2n[nH]c3ccc(Cl)cc23)c1. The Morgan fingerprint density at radius 2 is 1.83 bits per heavy atom. The summed E-state index contributed by atoms with van der Waals surface area (Å²) in [5.41, 5.74) is 1.82. The minimum atomic E-state index is 0.679. The molecule has 0 atom stereocenters. The van der Waals surface area contributed by atoms with E-state index >= 15 is 0 Å². The minimum absolute atomic E-state index is 0.679. The van der Waals surface area contributed by atoms with Gasteiger partial charge in [-0.15, -0.1) is 0 Å². The lowest BCUT2D eigenvalue weighted by Crippen LogP contribution is -1.90. The molecule has 0 bridgehead atoms. The molecule has 3 aromatic rings. The Labute approximate surface area is 114 Å². The molecule has 0 amide bonds. The molecule has 18 heavy (non-hydrogen) atoms. The van der Waals surface area contributed by atoms with Crippen molar-refractivity contribution in [3.05, 3.63) is 52.5 Å². The monoisotopic (exact) mass is 277 g/mol. The topological polar surface area (TPSA) is 40.7 Å². The van der Waals surface area contributed by atoms with Gasteiger partial charge in [0.25, 0.3) is 0 Å². The van der Waals surface area contributed by atoms with Gasteiger partial charge in [0.2, 0.25) is 0 Å². The lowest BCUT2D eigenvalue weighted by molar-refractivity contribution is 1.12. The second-order valence-corrected chi connectivity index (χ2v) is 4.77. The quantitative estimate of drug-likeness (QED) is 0.718. The summed E-state index contributed by atoms with van der Waals surface area (Å²) < 4.78 is 0. The van der Waals surface area contributed by atoms with Gasteiger partial charge < -0.3 is 5.32 Å². The summed E-state index contributed by atoms with van der Waals surface area (Å²) in [5.74, 6) is 0.731. The highest BCUT2D eigenvalue weighted by Crippen LogP contribution is 2.27. The van der Waals surface area contributed by atoms with E-state index in [1.807, 2.05) is 42.5 Å². The van der Waals surface area contributed by atoms with Crippen LogP contribution in [0.15, 0.2) is 42.5 Å². The van der Waals surface area contributed by atoms with E-state index in [9.17, 15) is 0 Å². The van der Waals surface area contributed by atoms with Crippen LogP contribution in [0.25, 0.3) is 10.9 Å². The third-order valence-corrected chi connectivity index (χ3v) is 3.08. The lowest BCUT2D eigenvalue weighted by Gasteiger charge is -2.03. The molecule has 0 aliphatic carbocycles. The van der Waals surface area contributed by atoms with Crippen molar-refractivity contribution < 1.29 is 0 Å². The van der Waals surface area contributed by atoms with Crippen LogP contribution in [0.1, 0.15) is 0 Å². The smallest absolute Gasteiger partial charge is 0.160 e. The van der Waals surface area contributed by atoms with Crippen molar-refractivity contribution in [3.63, 3.8) is 0 Å². The Hall–Kier alpha value is -1.71. The molecule has 2 N–H and O–H groups in total. The molecule has 0 spiro atoms. The normalized spacial score (nSPS) is 10.8. The molecule has 3 nitrogen and oxygen atoms in total. The third-order valence-electron chi connectivity index (χ3n) is 2.61. The van der Waals surface area contributed by atoms with Crippen molar-refractivity contribution in [3.8, 4) is 0 Å². The Morgan fingerprint density at radius 1 is 1.00 bits per heavy atom. The zero-order chi connectivity index (χ0) is 12.5. The standard InChI is InChI=1S/C13H9Cl2N3/c14-8-2-1-3-10(6-8)16-13-11-7-9(15)4-5-12(11)17-18-13/h1-7H,(H2,16,17,18). The number of anilines is 2. The zero-order valence-corrected chi connectivity index (χ0v) is 10.8. The maximum absolute atomic E-state index is 5.99. The van der Waals surface area contributed by atoms with Crippen molar-refractivity contribution in [1.29, 1.82) is 0 Å². The number of aromatic amines is 1. The van der Waals surface area contributed by atoms with E-state index in [1.165, 1.54) is 0 Å². The van der Waals surface area contributed by atoms with Crippen molar-refractivity contribution in [1.82, 2.24) is 10.2 Å². The fourth-order valence-electron chi connectivity index (χ4n) is 1.78. The first-order valence-corrected chi connectivity index (χ1v) is 6.14. The summed E-state index contributed by atoms with van der Waals surface area (Å²) in [6, 6.07) is 13.1. The van der Waals surface area contributed by atoms with E-state index in [1.54, 1.807) is 0 Å². The molecule has 0 fully saturated rings. The van der Waals surface area contributed by atoms with Crippen molar-refractivity contribution in [2.45, 2.75) is 0 Å². The van der Waals surface area contributed by atoms with Crippen LogP contribution in [0, 0.1) is 0 Å². The summed E-state index contributed by atoms with van der Waals surface area (Å²) in [7, 11) is 0. The van der Waals surface area contributed by atoms with Crippen molar-refractivity contribution >= 4 is 45.6 Å². The van der Waals surface area contributed by atoms with Crippen LogP contribution in [0.4, 0.5) is 11.5 Å². The number of halogens is 2. The van der Waals surface area contributed by atoms with Crippen LogP contribution in [0.3, 0.4) is 0 Å². The van der Waals surface area contributed by atoms with Crippen molar-refractivity contribution in [2.24, 2.45) is 0 Å². The molecule has 1 heterocycles. The van der Waals surface area contributed by atoms with Gasteiger partial charge in [-0.25, -0.2) is 0 Å². The number of nitrogens with zero attached hydrogens (tertiary/aromatic N) is 1. The number of hydrogen-bond acceptors (Lipinski definition) is 2. The van der Waals surface area contributed by atoms with Crippen LogP contribution >= 0.6 is 23.2 Å². The van der Waals surface area contributed by atoms with E-state index in [4.69, 9.17) is 23.2 Å². The average Bonchev–Trinajstić information content (AvgIpc) is 2.72. The Morgan fingerprint density at radius 3 is 2.67 bits per heavy atom. The molecule has 1 aromatic heterocycles. The van der Waals surface area contributed by atoms with E-state index in [2.05, 4.69) is 15.5 Å². The number of hydrogen-bond donors (Lipinski definition) is 2. The number of nitrogens with one attached hydrogen (secondary N) is 2. The Bertz CT molecular complexity index is 706. The third kappa shape index (κ3) is 2.15. The van der Waals surface area contributed by atoms with Gasteiger partial charge in [0.05, 0.1) is 5.52 Å². The highest BCUT2D eigenvalue weighted by Gasteiger charge is 2.06. The van der Waals surface area contributed by atoms with Gasteiger partial charge in [-0.2, -0.15) is 5.10 Å². The Kier molecular flexibility index (Phi) is 2.86. The van der Waals surface area contributed by atoms with Gasteiger partial charge in [-0.1, -0.05) is 29.3 Å². The summed E-state index contributed by atoms with van der Waals surface area (Å²) in [6.45, 7) is 0. The highest BCUT2D eigenvalue weighted by atomic mass is 35.5. The van der Waals surface area contributed by atoms with Crippen LogP contribution in [0.5, 0.6) is 0 Å². The second-order valence-electron chi connectivity index (χ2n) is 3.90. The molecule has 3 rings (SSSR count). The minimum Gasteiger partial charge on any atom is -0.338 e. The summed E-state index contributed by atoms with van der Waals surface area (Å²) in [4.78, 5) is 0. The number of benzene rings is 2. The van der Waals surface area contributed by atoms with Gasteiger partial charge in [-0.05, 0) is 36.4 Å². The number of fused-ring (bicyclic) bond motifs is 1. The molecule has 90 valence electrons. The zero-order valence-electron chi connectivity index (χ0n) is 9.24. The van der Waals surface area contributed by atoms with Gasteiger partial charge in [0.15, 0.2) is 5.82 Å². The maximum atomic E-state index is 5.99. The fraction of sp³-hybridized carbons (Fsp3) is 0. The van der Waals surface area contributed by atoms with Gasteiger partial charge in [0, 0.05) is 21.1 Å². The molecule has 2 aromatic carbocycles. The molecule has 0 saturated heterocycles. The summed E-state index contributed by atoms with van der Waals surface area (Å²) in [6.07, 6.45) is 0. The van der Waals surface area contributed by atoms with E-state index in [0.717, 1.165) is 22.4 Å². The predicted octanol–water partition coefficient (Wildman–Crippen LogP) is 4.61. The maximum Gasteiger partial charge on any atom is 0.160 e. The van der Waals surface area contributed by atoms with E-state index < -0.39 is 0 Å². The average molecular weight is 278 g/mol. The van der Waals surface area contributed by atoms with Gasteiger partial charge in [0.1, 0.15) is 0 Å². The van der Waals surface area contributed by atoms with Gasteiger partial charge >= 0.3 is 0 Å². The first kappa shape index (κ1) is 11.4. The highest BCUT2D eigenvalue weighted by molar-refractivity contribution is 6.31. The molecular formula is C13H9Cl2N3. The summed E-state index contributed by atoms with van der Waals surface area (Å²) >= 11 is 11.9. The summed E-state index contributed by atoms with van der Waals surface area (Å²) in [5, 5.41) is 12.7. The largest absolute Gasteiger partial charge is 0.338 e. The predicted molar refractivity (Wildman–Crippen MR) is 75.8 cm³/mol. The molecule has 0 aliphatic heterocycles. The number of rotatable bonds is 2. The van der Waals surface area contributed by atoms with Crippen LogP contribution in [-0.4, -0.2) is 10.2 Å². The fourth-order valence-corrected chi connectivity index (χ4v) is 2.15. The molecule has 5 heteroatoms. The second kappa shape index (κ2) is 4.52. The van der Waals surface area contributed by atoms with Crippen molar-refractivity contribution in [2.75, 3.05) is 5.32 Å². The van der Waals surface area contributed by atoms with E-state index in [-0.39, 0.29) is 0 Å². The number of H-pyrrole nitrogens is 1. The van der Waals surface area contributed by atoms with Crippen LogP contribution in [0.2, 0.25) is 10.0 Å². The first-order valence-electron chi connectivity index (χ1n) is 5.38. The molecule has 0 unspecified atom stereocenters. The molecule has 0 radical (unpaired) electrons. The van der Waals surface area contributed by atoms with Crippen LogP contribution in [-0.2, 0) is 0 Å². The molecule has 0 saturated carbocycles. The lowest BCUT2D eigenvalue weighted by atomic mass is 10.2. The molecule has 0 aliphatic rings. The van der Waals surface area contributed by atoms with Gasteiger partial charge in [-0.3, -0.25) is 5.10 Å². The molecular weight excluding hydrogens is 269 g/mol.